The fourth-order valence-electron chi connectivity index (χ4n) is 0. The minimum atomic E-state index is 0. The van der Waals surface area contributed by atoms with E-state index in [2.05, 4.69) is 0 Å². The van der Waals surface area contributed by atoms with E-state index in [-0.39, 0.29) is 66.8 Å². The zero-order valence-electron chi connectivity index (χ0n) is 1.66. The van der Waals surface area contributed by atoms with Crippen LogP contribution in [-0.4, -0.2) is 11.0 Å². The van der Waals surface area contributed by atoms with Gasteiger partial charge in [-0.25, -0.2) is 0 Å². The summed E-state index contributed by atoms with van der Waals surface area (Å²) in [4.78, 5) is 0. The Hall–Kier alpha value is 1.97. The van der Waals surface area contributed by atoms with Crippen LogP contribution < -0.4 is 0 Å². The van der Waals surface area contributed by atoms with Gasteiger partial charge in [0.25, 0.3) is 0 Å². The van der Waals surface area contributed by atoms with E-state index in [4.69, 9.17) is 0 Å². The van der Waals surface area contributed by atoms with Gasteiger partial charge in [-0.05, 0) is 0 Å². The molecule has 0 nitrogen and oxygen atoms in total. The monoisotopic (exact) mass is 195 g/mol. The van der Waals surface area contributed by atoms with Gasteiger partial charge in [0.1, 0.15) is 0 Å². The van der Waals surface area contributed by atoms with Crippen molar-refractivity contribution in [2.24, 2.45) is 0 Å². The number of hydrogen-bond acceptors (Lipinski definition) is 0. The van der Waals surface area contributed by atoms with Gasteiger partial charge in [-0.15, -0.1) is 0 Å². The Morgan fingerprint density at radius 2 is 1.00 bits per heavy atom. The van der Waals surface area contributed by atoms with Gasteiger partial charge in [0.15, 0.2) is 0 Å². The van der Waals surface area contributed by atoms with Crippen molar-refractivity contribution in [2.75, 3.05) is 0 Å². The fraction of sp³-hybridized carbons (Fsp3) is 0. The first-order valence-corrected chi connectivity index (χ1v) is 0. The molecule has 0 aliphatic rings. The third kappa shape index (κ3) is 9.02. The molecule has 0 unspecified atom stereocenters. The zero-order chi connectivity index (χ0) is 0. The molecule has 0 aromatic carbocycles. The second-order valence-electron chi connectivity index (χ2n) is 0. The predicted molar refractivity (Wildman–Crippen MR) is 5.75 cm³/mol. The molecular formula is CuFeSiTi. The van der Waals surface area contributed by atoms with Crippen molar-refractivity contribution in [3.8, 4) is 0 Å². The smallest absolute Gasteiger partial charge is 0 e. The van der Waals surface area contributed by atoms with E-state index in [0.29, 0.717) is 0 Å². The summed E-state index contributed by atoms with van der Waals surface area (Å²) in [5, 5.41) is 0. The second kappa shape index (κ2) is 20.2. The molecule has 0 atom stereocenters. The number of hydrogen-bond donors (Lipinski definition) is 0. The van der Waals surface area contributed by atoms with Crippen molar-refractivity contribution in [3.05, 3.63) is 0 Å². The maximum absolute atomic E-state index is 0. The SMILES string of the molecule is [Cu].[Fe].[Si].[Ti]. The molecule has 0 aliphatic heterocycles. The minimum absolute atomic E-state index is 0. The van der Waals surface area contributed by atoms with Gasteiger partial charge < -0.3 is 0 Å². The van der Waals surface area contributed by atoms with E-state index in [9.17, 15) is 0 Å². The Labute approximate surface area is 66.3 Å². The van der Waals surface area contributed by atoms with E-state index >= 15 is 0 Å². The van der Waals surface area contributed by atoms with Crippen molar-refractivity contribution in [3.63, 3.8) is 0 Å². The molecule has 0 aromatic rings. The summed E-state index contributed by atoms with van der Waals surface area (Å²) in [6.45, 7) is 0. The van der Waals surface area contributed by atoms with E-state index in [1.54, 1.807) is 0 Å². The van der Waals surface area contributed by atoms with Gasteiger partial charge in [-0.2, -0.15) is 0 Å². The third-order valence-corrected chi connectivity index (χ3v) is 0. The molecule has 0 bridgehead atoms. The Morgan fingerprint density at radius 1 is 1.00 bits per heavy atom. The Kier molecular flexibility index (Phi) is 192. The maximum Gasteiger partial charge on any atom is 0 e. The Morgan fingerprint density at radius 3 is 1.00 bits per heavy atom. The normalized spacial score (nSPS) is 0. The summed E-state index contributed by atoms with van der Waals surface area (Å²) in [6.07, 6.45) is 0. The summed E-state index contributed by atoms with van der Waals surface area (Å²) in [5.74, 6) is 0. The molecule has 0 heterocycles. The van der Waals surface area contributed by atoms with Gasteiger partial charge in [-0.3, -0.25) is 0 Å². The number of rotatable bonds is 0. The average molecular weight is 195 g/mol. The van der Waals surface area contributed by atoms with Gasteiger partial charge >= 0.3 is 0 Å². The Bertz CT molecular complexity index is 8.00. The van der Waals surface area contributed by atoms with Crippen molar-refractivity contribution in [1.29, 1.82) is 0 Å². The topological polar surface area (TPSA) is 0 Å². The molecule has 0 rings (SSSR count). The molecule has 0 saturated heterocycles. The van der Waals surface area contributed by atoms with Crippen LogP contribution in [0.4, 0.5) is 0 Å². The van der Waals surface area contributed by atoms with E-state index in [0.717, 1.165) is 0 Å². The molecule has 0 spiro atoms. The van der Waals surface area contributed by atoms with Crippen molar-refractivity contribution < 1.29 is 55.9 Å². The second-order valence-corrected chi connectivity index (χ2v) is 0. The molecule has 5 radical (unpaired) electrons. The van der Waals surface area contributed by atoms with E-state index < -0.39 is 0 Å². The van der Waals surface area contributed by atoms with Crippen LogP contribution in [0.2, 0.25) is 0 Å². The van der Waals surface area contributed by atoms with Crippen LogP contribution in [0.1, 0.15) is 0 Å². The molecule has 0 amide bonds. The molecule has 4 heteroatoms. The largest absolute Gasteiger partial charge is 0 e. The molecule has 4 heavy (non-hydrogen) atoms. The first kappa shape index (κ1) is 38.0. The Balaban J connectivity index is 0. The quantitative estimate of drug-likeness (QED) is 0.462. The zero-order valence-corrected chi connectivity index (χ0v) is 6.26. The summed E-state index contributed by atoms with van der Waals surface area (Å²) < 4.78 is 0. The van der Waals surface area contributed by atoms with Gasteiger partial charge in [-0.1, -0.05) is 0 Å². The van der Waals surface area contributed by atoms with Gasteiger partial charge in [0, 0.05) is 66.8 Å². The first-order valence-electron chi connectivity index (χ1n) is 0. The summed E-state index contributed by atoms with van der Waals surface area (Å²) in [5.41, 5.74) is 0. The van der Waals surface area contributed by atoms with Gasteiger partial charge in [0.2, 0.25) is 0 Å². The summed E-state index contributed by atoms with van der Waals surface area (Å²) in [7, 11) is 0. The van der Waals surface area contributed by atoms with Crippen molar-refractivity contribution in [1.82, 2.24) is 0 Å². The first-order chi connectivity index (χ1) is 0. The average Bonchev–Trinajstić information content (AvgIpc) is 0. The van der Waals surface area contributed by atoms with Crippen LogP contribution in [0.5, 0.6) is 0 Å². The maximum atomic E-state index is 0. The van der Waals surface area contributed by atoms with Crippen LogP contribution >= 0.6 is 0 Å². The minimum Gasteiger partial charge on any atom is 0 e. The fourth-order valence-corrected chi connectivity index (χ4v) is 0. The molecule has 0 saturated carbocycles. The molecular weight excluding hydrogens is 195 g/mol. The summed E-state index contributed by atoms with van der Waals surface area (Å²) >= 11 is 0. The van der Waals surface area contributed by atoms with E-state index in [1.165, 1.54) is 0 Å². The van der Waals surface area contributed by atoms with Crippen LogP contribution in [0, 0.1) is 0 Å². The van der Waals surface area contributed by atoms with Crippen molar-refractivity contribution >= 4 is 11.0 Å². The predicted octanol–water partition coefficient (Wildman–Crippen LogP) is -0.388. The van der Waals surface area contributed by atoms with Crippen LogP contribution in [0.25, 0.3) is 0 Å². The third-order valence-electron chi connectivity index (χ3n) is 0. The summed E-state index contributed by atoms with van der Waals surface area (Å²) in [6, 6.07) is 0. The van der Waals surface area contributed by atoms with Crippen LogP contribution in [0.3, 0.4) is 0 Å². The molecule has 0 N–H and O–H groups in total. The van der Waals surface area contributed by atoms with Crippen LogP contribution in [0.15, 0.2) is 0 Å². The van der Waals surface area contributed by atoms with Crippen LogP contribution in [-0.2, 0) is 55.9 Å². The van der Waals surface area contributed by atoms with Crippen molar-refractivity contribution in [2.45, 2.75) is 0 Å². The standard InChI is InChI=1S/Cu.Fe.Si.Ti. The molecule has 0 fully saturated rings. The molecule has 0 aliphatic carbocycles. The molecule has 27 valence electrons. The van der Waals surface area contributed by atoms with Gasteiger partial charge in [0.05, 0.1) is 0 Å². The van der Waals surface area contributed by atoms with E-state index in [1.807, 2.05) is 0 Å². The molecule has 0 aromatic heterocycles.